The number of nitrogens with zero attached hydrogens (tertiary/aromatic N) is 3. The number of H-pyrrole nitrogens is 1. The van der Waals surface area contributed by atoms with Crippen LogP contribution in [0.2, 0.25) is 5.02 Å². The number of hydrogen-bond donors (Lipinski definition) is 3. The van der Waals surface area contributed by atoms with Gasteiger partial charge in [0, 0.05) is 60.2 Å². The summed E-state index contributed by atoms with van der Waals surface area (Å²) in [6, 6.07) is 23.9. The maximum Gasteiger partial charge on any atom is 0.293 e. The second-order valence-corrected chi connectivity index (χ2v) is 16.3. The molecule has 0 saturated carbocycles. The van der Waals surface area contributed by atoms with Crippen molar-refractivity contribution in [2.24, 2.45) is 5.92 Å². The number of halogens is 2. The van der Waals surface area contributed by atoms with Crippen LogP contribution in [-0.4, -0.2) is 55.5 Å². The van der Waals surface area contributed by atoms with Crippen LogP contribution in [0, 0.1) is 21.8 Å². The molecule has 1 unspecified atom stereocenters. The third-order valence-electron chi connectivity index (χ3n) is 10.6. The van der Waals surface area contributed by atoms with Crippen molar-refractivity contribution in [3.8, 4) is 22.6 Å². The van der Waals surface area contributed by atoms with E-state index >= 15 is 0 Å². The number of aromatic nitrogens is 2. The summed E-state index contributed by atoms with van der Waals surface area (Å²) < 4.78 is 55.8. The lowest BCUT2D eigenvalue weighted by molar-refractivity contribution is -0.384. The maximum atomic E-state index is 14.9. The Labute approximate surface area is 338 Å². The summed E-state index contributed by atoms with van der Waals surface area (Å²) in [5.74, 6) is -0.761. The number of anilines is 2. The first-order valence-corrected chi connectivity index (χ1v) is 20.6. The zero-order valence-corrected chi connectivity index (χ0v) is 32.6. The number of rotatable bonds is 12. The molecule has 2 aliphatic rings. The lowest BCUT2D eigenvalue weighted by atomic mass is 10.0. The molecular formula is C42H38ClFN6O7S. The Balaban J connectivity index is 1.06. The van der Waals surface area contributed by atoms with Gasteiger partial charge in [0.15, 0.2) is 0 Å². The SMILES string of the molecule is O=C(NS(=O)(=O)c1ccc(NCC2CCOCC2)c([N+](=O)[O-])c1)c1ccc(-c2ccc(N3CCCC3c3c(F)cccc3Cl)cc2)cc1Oc1cnc2[nH]ccc2c1. The molecule has 2 saturated heterocycles. The number of fused-ring (bicyclic) bond motifs is 1. The Morgan fingerprint density at radius 3 is 2.59 bits per heavy atom. The molecule has 8 rings (SSSR count). The fraction of sp³-hybridized carbons (Fsp3) is 0.238. The van der Waals surface area contributed by atoms with E-state index in [9.17, 15) is 27.7 Å². The fourth-order valence-corrected chi connectivity index (χ4v) is 8.82. The van der Waals surface area contributed by atoms with Gasteiger partial charge in [-0.3, -0.25) is 14.9 Å². The summed E-state index contributed by atoms with van der Waals surface area (Å²) in [7, 11) is -4.59. The van der Waals surface area contributed by atoms with Crippen LogP contribution in [0.1, 0.15) is 47.6 Å². The molecule has 2 aliphatic heterocycles. The maximum absolute atomic E-state index is 14.9. The van der Waals surface area contributed by atoms with Crippen molar-refractivity contribution in [2.75, 3.05) is 36.5 Å². The fourth-order valence-electron chi connectivity index (χ4n) is 7.55. The van der Waals surface area contributed by atoms with E-state index in [1.165, 1.54) is 30.5 Å². The van der Waals surface area contributed by atoms with Crippen molar-refractivity contribution in [2.45, 2.75) is 36.6 Å². The number of amides is 1. The normalized spacial score (nSPS) is 16.0. The first-order chi connectivity index (χ1) is 28.0. The lowest BCUT2D eigenvalue weighted by Gasteiger charge is -2.28. The van der Waals surface area contributed by atoms with E-state index in [4.69, 9.17) is 21.1 Å². The Kier molecular flexibility index (Phi) is 11.0. The molecule has 3 N–H and O–H groups in total. The van der Waals surface area contributed by atoms with E-state index in [1.54, 1.807) is 36.5 Å². The van der Waals surface area contributed by atoms with Crippen LogP contribution in [0.25, 0.3) is 22.2 Å². The third-order valence-corrected chi connectivity index (χ3v) is 12.2. The van der Waals surface area contributed by atoms with Crippen LogP contribution in [0.4, 0.5) is 21.5 Å². The highest BCUT2D eigenvalue weighted by molar-refractivity contribution is 7.90. The van der Waals surface area contributed by atoms with Gasteiger partial charge in [-0.1, -0.05) is 35.9 Å². The van der Waals surface area contributed by atoms with Gasteiger partial charge in [0.1, 0.15) is 28.7 Å². The molecule has 0 aliphatic carbocycles. The Bertz CT molecular complexity index is 2600. The predicted octanol–water partition coefficient (Wildman–Crippen LogP) is 9.02. The molecule has 1 atom stereocenters. The van der Waals surface area contributed by atoms with E-state index in [-0.39, 0.29) is 34.8 Å². The molecule has 2 fully saturated rings. The number of carbonyl (C=O) groups excluding carboxylic acids is 1. The minimum atomic E-state index is -4.59. The van der Waals surface area contributed by atoms with Gasteiger partial charge in [-0.25, -0.2) is 22.5 Å². The molecule has 58 heavy (non-hydrogen) atoms. The summed E-state index contributed by atoms with van der Waals surface area (Å²) in [4.78, 5) is 34.2. The molecule has 0 spiro atoms. The number of hydrogen-bond acceptors (Lipinski definition) is 10. The Morgan fingerprint density at radius 2 is 1.81 bits per heavy atom. The van der Waals surface area contributed by atoms with Crippen LogP contribution in [-0.2, 0) is 14.8 Å². The molecule has 4 heterocycles. The van der Waals surface area contributed by atoms with Crippen LogP contribution in [0.5, 0.6) is 11.5 Å². The van der Waals surface area contributed by atoms with Gasteiger partial charge in [0.05, 0.1) is 27.6 Å². The van der Waals surface area contributed by atoms with Crippen LogP contribution >= 0.6 is 11.6 Å². The summed E-state index contributed by atoms with van der Waals surface area (Å²) in [5, 5.41) is 16.2. The number of aromatic amines is 1. The van der Waals surface area contributed by atoms with Gasteiger partial charge in [0.2, 0.25) is 0 Å². The number of nitrogens with one attached hydrogen (secondary N) is 3. The summed E-state index contributed by atoms with van der Waals surface area (Å²) >= 11 is 6.45. The Morgan fingerprint density at radius 1 is 1.02 bits per heavy atom. The average Bonchev–Trinajstić information content (AvgIpc) is 3.90. The molecule has 13 nitrogen and oxygen atoms in total. The van der Waals surface area contributed by atoms with E-state index in [1.807, 2.05) is 30.3 Å². The summed E-state index contributed by atoms with van der Waals surface area (Å²) in [6.45, 7) is 2.42. The summed E-state index contributed by atoms with van der Waals surface area (Å²) in [6.07, 6.45) is 6.44. The second-order valence-electron chi connectivity index (χ2n) is 14.2. The number of carbonyl (C=O) groups is 1. The molecule has 298 valence electrons. The molecule has 16 heteroatoms. The number of nitro groups is 1. The molecular weight excluding hydrogens is 787 g/mol. The zero-order chi connectivity index (χ0) is 40.4. The largest absolute Gasteiger partial charge is 0.455 e. The van der Waals surface area contributed by atoms with E-state index < -0.39 is 31.4 Å². The van der Waals surface area contributed by atoms with Gasteiger partial charge in [-0.05, 0) is 103 Å². The topological polar surface area (TPSA) is 169 Å². The van der Waals surface area contributed by atoms with Gasteiger partial charge in [-0.2, -0.15) is 0 Å². The van der Waals surface area contributed by atoms with E-state index in [0.717, 1.165) is 54.9 Å². The number of sulfonamides is 1. The van der Waals surface area contributed by atoms with Crippen molar-refractivity contribution in [3.05, 3.63) is 135 Å². The van der Waals surface area contributed by atoms with Crippen LogP contribution in [0.15, 0.2) is 108 Å². The first-order valence-electron chi connectivity index (χ1n) is 18.8. The number of pyridine rings is 1. The minimum Gasteiger partial charge on any atom is -0.455 e. The summed E-state index contributed by atoms with van der Waals surface area (Å²) in [5.41, 5.74) is 3.04. The van der Waals surface area contributed by atoms with Gasteiger partial charge >= 0.3 is 0 Å². The standard InChI is InChI=1S/C42H38ClFN6O7S/c43-34-3-1-4-35(44)40(34)37-5-2-18-49(37)30-9-6-27(7-10-30)28-8-12-33(39(22-28)57-31-21-29-14-17-45-41(29)47-25-31)42(51)48-58(54,55)32-11-13-36(38(23-32)50(52)53)46-24-26-15-19-56-20-16-26/h1,3-4,6-14,17,21-23,25-26,37,46H,2,5,15-16,18-20,24H2,(H,45,47)(H,48,51). The van der Waals surface area contributed by atoms with Gasteiger partial charge in [-0.15, -0.1) is 0 Å². The average molecular weight is 825 g/mol. The van der Waals surface area contributed by atoms with Crippen molar-refractivity contribution < 1.29 is 32.0 Å². The van der Waals surface area contributed by atoms with Crippen LogP contribution in [0.3, 0.4) is 0 Å². The first kappa shape index (κ1) is 38.8. The quantitative estimate of drug-likeness (QED) is 0.0800. The van der Waals surface area contributed by atoms with Gasteiger partial charge in [0.25, 0.3) is 21.6 Å². The monoisotopic (exact) mass is 824 g/mol. The molecule has 4 aromatic carbocycles. The van der Waals surface area contributed by atoms with E-state index in [0.29, 0.717) is 47.3 Å². The highest BCUT2D eigenvalue weighted by Gasteiger charge is 2.31. The molecule has 1 amide bonds. The zero-order valence-electron chi connectivity index (χ0n) is 31.0. The van der Waals surface area contributed by atoms with Crippen LogP contribution < -0.4 is 19.7 Å². The van der Waals surface area contributed by atoms with Crippen molar-refractivity contribution in [1.82, 2.24) is 14.7 Å². The number of ether oxygens (including phenoxy) is 2. The smallest absolute Gasteiger partial charge is 0.293 e. The van der Waals surface area contributed by atoms with Crippen molar-refractivity contribution in [3.63, 3.8) is 0 Å². The molecule has 6 aromatic rings. The van der Waals surface area contributed by atoms with Crippen molar-refractivity contribution in [1.29, 1.82) is 0 Å². The minimum absolute atomic E-state index is 0.0402. The lowest BCUT2D eigenvalue weighted by Crippen LogP contribution is -2.31. The second kappa shape index (κ2) is 16.4. The van der Waals surface area contributed by atoms with E-state index in [2.05, 4.69) is 24.9 Å². The van der Waals surface area contributed by atoms with Crippen molar-refractivity contribution >= 4 is 55.6 Å². The Hall–Kier alpha value is -6.03. The third kappa shape index (κ3) is 8.19. The number of benzene rings is 4. The highest BCUT2D eigenvalue weighted by atomic mass is 35.5. The highest BCUT2D eigenvalue weighted by Crippen LogP contribution is 2.41. The predicted molar refractivity (Wildman–Crippen MR) is 219 cm³/mol. The van der Waals surface area contributed by atoms with Gasteiger partial charge < -0.3 is 24.7 Å². The molecule has 0 radical (unpaired) electrons. The molecule has 2 aromatic heterocycles. The number of nitro benzene ring substituents is 1. The molecule has 0 bridgehead atoms.